The first-order valence-corrected chi connectivity index (χ1v) is 10.0. The Kier molecular flexibility index (Phi) is 6.01. The lowest BCUT2D eigenvalue weighted by atomic mass is 10.1. The van der Waals surface area contributed by atoms with Crippen molar-refractivity contribution >= 4 is 27.6 Å². The zero-order chi connectivity index (χ0) is 17.7. The number of ether oxygens (including phenoxy) is 1. The van der Waals surface area contributed by atoms with E-state index >= 15 is 0 Å². The lowest BCUT2D eigenvalue weighted by Crippen LogP contribution is -2.11. The Morgan fingerprint density at radius 2 is 1.92 bits per heavy atom. The molecule has 4 nitrogen and oxygen atoms in total. The van der Waals surface area contributed by atoms with E-state index < -0.39 is 15.8 Å². The van der Waals surface area contributed by atoms with Crippen LogP contribution in [0, 0.1) is 12.7 Å². The van der Waals surface area contributed by atoms with Gasteiger partial charge in [0.05, 0.1) is 10.5 Å². The molecule has 0 unspecified atom stereocenters. The second kappa shape index (κ2) is 7.81. The maximum Gasteiger partial charge on any atom is 0.338 e. The van der Waals surface area contributed by atoms with Gasteiger partial charge in [-0.2, -0.15) is 0 Å². The minimum atomic E-state index is -3.40. The largest absolute Gasteiger partial charge is 0.461 e. The Hall–Kier alpha value is -1.86. The summed E-state index contributed by atoms with van der Waals surface area (Å²) in [5.74, 6) is -0.505. The summed E-state index contributed by atoms with van der Waals surface area (Å²) >= 11 is 1.25. The molecule has 0 fully saturated rings. The van der Waals surface area contributed by atoms with Crippen LogP contribution in [0.5, 0.6) is 0 Å². The van der Waals surface area contributed by atoms with Gasteiger partial charge in [0.25, 0.3) is 0 Å². The van der Waals surface area contributed by atoms with Crippen LogP contribution in [0.15, 0.2) is 52.3 Å². The van der Waals surface area contributed by atoms with E-state index in [2.05, 4.69) is 0 Å². The first kappa shape index (κ1) is 18.5. The molecule has 7 heteroatoms. The fourth-order valence-electron chi connectivity index (χ4n) is 1.98. The highest BCUT2D eigenvalue weighted by atomic mass is 32.2. The standard InChI is InChI=1S/C17H17FO4S2/c1-12-7-8-13(24(2,20)21)11-14(12)17(19)22-9-10-23-16-6-4-3-5-15(16)18/h3-8,11H,9-10H2,1-2H3. The summed E-state index contributed by atoms with van der Waals surface area (Å²) in [6.45, 7) is 1.80. The van der Waals surface area contributed by atoms with Gasteiger partial charge in [-0.25, -0.2) is 17.6 Å². The molecule has 0 radical (unpaired) electrons. The number of carbonyl (C=O) groups excluding carboxylic acids is 1. The molecule has 0 aliphatic heterocycles. The lowest BCUT2D eigenvalue weighted by Gasteiger charge is -2.09. The highest BCUT2D eigenvalue weighted by Crippen LogP contribution is 2.21. The number of benzene rings is 2. The highest BCUT2D eigenvalue weighted by molar-refractivity contribution is 7.99. The number of hydrogen-bond acceptors (Lipinski definition) is 5. The van der Waals surface area contributed by atoms with Crippen LogP contribution in [0.2, 0.25) is 0 Å². The summed E-state index contributed by atoms with van der Waals surface area (Å²) < 4.78 is 41.8. The fraction of sp³-hybridized carbons (Fsp3) is 0.235. The van der Waals surface area contributed by atoms with Crippen molar-refractivity contribution in [2.45, 2.75) is 16.7 Å². The van der Waals surface area contributed by atoms with Crippen molar-refractivity contribution in [2.24, 2.45) is 0 Å². The molecule has 0 saturated carbocycles. The molecule has 0 aliphatic carbocycles. The van der Waals surface area contributed by atoms with Gasteiger partial charge in [-0.1, -0.05) is 18.2 Å². The average molecular weight is 368 g/mol. The van der Waals surface area contributed by atoms with Crippen molar-refractivity contribution in [3.05, 3.63) is 59.4 Å². The summed E-state index contributed by atoms with van der Waals surface area (Å²) in [7, 11) is -3.40. The van der Waals surface area contributed by atoms with E-state index in [0.29, 0.717) is 16.2 Å². The van der Waals surface area contributed by atoms with Crippen molar-refractivity contribution in [1.29, 1.82) is 0 Å². The van der Waals surface area contributed by atoms with Crippen molar-refractivity contribution in [3.63, 3.8) is 0 Å². The second-order valence-electron chi connectivity index (χ2n) is 5.16. The van der Waals surface area contributed by atoms with Gasteiger partial charge in [-0.15, -0.1) is 11.8 Å². The zero-order valence-corrected chi connectivity index (χ0v) is 14.9. The van der Waals surface area contributed by atoms with Crippen LogP contribution in [-0.4, -0.2) is 33.0 Å². The Balaban J connectivity index is 1.97. The second-order valence-corrected chi connectivity index (χ2v) is 8.32. The van der Waals surface area contributed by atoms with Gasteiger partial charge in [-0.05, 0) is 36.8 Å². The van der Waals surface area contributed by atoms with Gasteiger partial charge in [-0.3, -0.25) is 0 Å². The monoisotopic (exact) mass is 368 g/mol. The number of thioether (sulfide) groups is 1. The molecular formula is C17H17FO4S2. The fourth-order valence-corrected chi connectivity index (χ4v) is 3.39. The van der Waals surface area contributed by atoms with E-state index in [1.54, 1.807) is 31.2 Å². The van der Waals surface area contributed by atoms with Crippen LogP contribution in [0.25, 0.3) is 0 Å². The van der Waals surface area contributed by atoms with Crippen LogP contribution in [0.4, 0.5) is 4.39 Å². The minimum absolute atomic E-state index is 0.0702. The first-order chi connectivity index (χ1) is 11.3. The molecular weight excluding hydrogens is 351 g/mol. The molecule has 0 bridgehead atoms. The number of hydrogen-bond donors (Lipinski definition) is 0. The number of esters is 1. The summed E-state index contributed by atoms with van der Waals surface area (Å²) in [6, 6.07) is 10.7. The van der Waals surface area contributed by atoms with E-state index in [9.17, 15) is 17.6 Å². The van der Waals surface area contributed by atoms with Crippen LogP contribution >= 0.6 is 11.8 Å². The van der Waals surface area contributed by atoms with Gasteiger partial charge in [0.1, 0.15) is 12.4 Å². The van der Waals surface area contributed by atoms with Crippen molar-refractivity contribution in [3.8, 4) is 0 Å². The third-order valence-electron chi connectivity index (χ3n) is 3.27. The highest BCUT2D eigenvalue weighted by Gasteiger charge is 2.15. The number of aryl methyl sites for hydroxylation is 1. The van der Waals surface area contributed by atoms with Crippen LogP contribution in [0.1, 0.15) is 15.9 Å². The van der Waals surface area contributed by atoms with Gasteiger partial charge < -0.3 is 4.74 Å². The lowest BCUT2D eigenvalue weighted by molar-refractivity contribution is 0.0529. The maximum atomic E-state index is 13.5. The number of sulfone groups is 1. The maximum absolute atomic E-state index is 13.5. The smallest absolute Gasteiger partial charge is 0.338 e. The van der Waals surface area contributed by atoms with E-state index in [-0.39, 0.29) is 22.9 Å². The normalized spacial score (nSPS) is 11.3. The number of carbonyl (C=O) groups is 1. The summed E-state index contributed by atoms with van der Waals surface area (Å²) in [6.07, 6.45) is 1.08. The average Bonchev–Trinajstić information content (AvgIpc) is 2.52. The predicted octanol–water partition coefficient (Wildman–Crippen LogP) is 3.49. The van der Waals surface area contributed by atoms with Crippen molar-refractivity contribution < 1.29 is 22.3 Å². The molecule has 0 spiro atoms. The molecule has 0 aromatic heterocycles. The quantitative estimate of drug-likeness (QED) is 0.444. The van der Waals surface area contributed by atoms with Gasteiger partial charge in [0.2, 0.25) is 0 Å². The third-order valence-corrected chi connectivity index (χ3v) is 5.39. The van der Waals surface area contributed by atoms with Gasteiger partial charge in [0.15, 0.2) is 9.84 Å². The van der Waals surface area contributed by atoms with Gasteiger partial charge in [0, 0.05) is 16.9 Å². The Bertz CT molecular complexity index is 847. The van der Waals surface area contributed by atoms with E-state index in [4.69, 9.17) is 4.74 Å². The zero-order valence-electron chi connectivity index (χ0n) is 13.3. The Labute approximate surface area is 145 Å². The molecule has 2 aromatic carbocycles. The molecule has 0 aliphatic rings. The Morgan fingerprint density at radius 3 is 2.58 bits per heavy atom. The number of rotatable bonds is 6. The predicted molar refractivity (Wildman–Crippen MR) is 91.7 cm³/mol. The van der Waals surface area contributed by atoms with E-state index in [1.807, 2.05) is 0 Å². The molecule has 0 atom stereocenters. The molecule has 2 rings (SSSR count). The minimum Gasteiger partial charge on any atom is -0.461 e. The summed E-state index contributed by atoms with van der Waals surface area (Å²) in [4.78, 5) is 12.7. The summed E-state index contributed by atoms with van der Waals surface area (Å²) in [5.41, 5.74) is 0.850. The third kappa shape index (κ3) is 4.82. The molecule has 128 valence electrons. The molecule has 0 amide bonds. The Morgan fingerprint density at radius 1 is 1.21 bits per heavy atom. The molecule has 2 aromatic rings. The number of halogens is 1. The molecule has 0 heterocycles. The first-order valence-electron chi connectivity index (χ1n) is 7.14. The van der Waals surface area contributed by atoms with Crippen molar-refractivity contribution in [1.82, 2.24) is 0 Å². The van der Waals surface area contributed by atoms with Crippen LogP contribution < -0.4 is 0 Å². The van der Waals surface area contributed by atoms with E-state index in [1.165, 1.54) is 30.0 Å². The van der Waals surface area contributed by atoms with Gasteiger partial charge >= 0.3 is 5.97 Å². The van der Waals surface area contributed by atoms with Crippen LogP contribution in [-0.2, 0) is 14.6 Å². The topological polar surface area (TPSA) is 60.4 Å². The molecule has 24 heavy (non-hydrogen) atoms. The summed E-state index contributed by atoms with van der Waals surface area (Å²) in [5, 5.41) is 0. The SMILES string of the molecule is Cc1ccc(S(C)(=O)=O)cc1C(=O)OCCSc1ccccc1F. The van der Waals surface area contributed by atoms with Crippen LogP contribution in [0.3, 0.4) is 0 Å². The molecule has 0 N–H and O–H groups in total. The molecule has 0 saturated heterocycles. The van der Waals surface area contributed by atoms with Crippen molar-refractivity contribution in [2.75, 3.05) is 18.6 Å². The van der Waals surface area contributed by atoms with E-state index in [0.717, 1.165) is 6.26 Å².